The molecule has 1 amide bonds. The number of amides is 1. The van der Waals surface area contributed by atoms with E-state index < -0.39 is 10.0 Å². The average Bonchev–Trinajstić information content (AvgIpc) is 2.77. The van der Waals surface area contributed by atoms with Gasteiger partial charge in [0.15, 0.2) is 0 Å². The number of carbonyl (C=O) groups excluding carboxylic acids is 1. The van der Waals surface area contributed by atoms with Gasteiger partial charge >= 0.3 is 0 Å². The van der Waals surface area contributed by atoms with Gasteiger partial charge in [-0.3, -0.25) is 4.79 Å². The number of nitrogens with zero attached hydrogens (tertiary/aromatic N) is 2. The van der Waals surface area contributed by atoms with Gasteiger partial charge in [-0.2, -0.15) is 9.57 Å². The number of benzene rings is 2. The van der Waals surface area contributed by atoms with E-state index in [0.717, 1.165) is 0 Å². The quantitative estimate of drug-likeness (QED) is 0.791. The van der Waals surface area contributed by atoms with Gasteiger partial charge in [-0.1, -0.05) is 49.4 Å². The van der Waals surface area contributed by atoms with Crippen LogP contribution in [0.1, 0.15) is 36.8 Å². The maximum absolute atomic E-state index is 12.9. The molecule has 1 atom stereocenters. The largest absolute Gasteiger partial charge is 0.355 e. The molecule has 1 saturated heterocycles. The van der Waals surface area contributed by atoms with E-state index in [2.05, 4.69) is 12.2 Å². The minimum Gasteiger partial charge on any atom is -0.355 e. The van der Waals surface area contributed by atoms with Crippen LogP contribution in [0.15, 0.2) is 59.5 Å². The Morgan fingerprint density at radius 3 is 2.41 bits per heavy atom. The molecular formula is C22H25N3O3S. The van der Waals surface area contributed by atoms with Crippen molar-refractivity contribution in [3.63, 3.8) is 0 Å². The van der Waals surface area contributed by atoms with Crippen LogP contribution in [-0.4, -0.2) is 38.3 Å². The molecule has 0 radical (unpaired) electrons. The van der Waals surface area contributed by atoms with Crippen LogP contribution >= 0.6 is 0 Å². The third-order valence-electron chi connectivity index (χ3n) is 5.40. The van der Waals surface area contributed by atoms with Crippen molar-refractivity contribution in [2.24, 2.45) is 5.92 Å². The van der Waals surface area contributed by atoms with E-state index in [0.29, 0.717) is 19.4 Å². The van der Waals surface area contributed by atoms with Crippen molar-refractivity contribution in [3.05, 3.63) is 65.7 Å². The van der Waals surface area contributed by atoms with Gasteiger partial charge in [-0.15, -0.1) is 0 Å². The second-order valence-corrected chi connectivity index (χ2v) is 9.25. The Labute approximate surface area is 172 Å². The molecule has 1 aliphatic heterocycles. The van der Waals surface area contributed by atoms with E-state index in [9.17, 15) is 18.5 Å². The lowest BCUT2D eigenvalue weighted by molar-refractivity contribution is -0.126. The van der Waals surface area contributed by atoms with E-state index in [1.54, 1.807) is 12.1 Å². The van der Waals surface area contributed by atoms with Gasteiger partial charge in [0.2, 0.25) is 15.9 Å². The number of nitrogens with one attached hydrogen (secondary N) is 1. The molecule has 2 aromatic rings. The van der Waals surface area contributed by atoms with Crippen LogP contribution in [0, 0.1) is 17.2 Å². The van der Waals surface area contributed by atoms with E-state index in [4.69, 9.17) is 0 Å². The molecule has 29 heavy (non-hydrogen) atoms. The van der Waals surface area contributed by atoms with Crippen LogP contribution in [0.2, 0.25) is 0 Å². The molecule has 1 unspecified atom stereocenters. The van der Waals surface area contributed by atoms with E-state index in [1.807, 2.05) is 36.4 Å². The van der Waals surface area contributed by atoms with Gasteiger partial charge < -0.3 is 5.32 Å². The summed E-state index contributed by atoms with van der Waals surface area (Å²) in [5.41, 5.74) is 1.31. The molecule has 3 rings (SSSR count). The summed E-state index contributed by atoms with van der Waals surface area (Å²) in [5, 5.41) is 12.2. The first-order valence-electron chi connectivity index (χ1n) is 9.75. The first-order chi connectivity index (χ1) is 13.9. The third-order valence-corrected chi connectivity index (χ3v) is 7.36. The standard InChI is InChI=1S/C22H25N3O3S/c1-17(18-7-3-2-4-8-18)16-24-22(26)19-11-13-25(14-12-19)29(27,28)21-10-6-5-9-20(21)15-23/h2-10,17,19H,11-14,16H2,1H3,(H,24,26). The normalized spacial score (nSPS) is 16.7. The van der Waals surface area contributed by atoms with E-state index in [-0.39, 0.29) is 41.3 Å². The minimum absolute atomic E-state index is 0.0257. The van der Waals surface area contributed by atoms with Crippen LogP contribution in [-0.2, 0) is 14.8 Å². The summed E-state index contributed by atoms with van der Waals surface area (Å²) in [7, 11) is -3.74. The maximum atomic E-state index is 12.9. The Morgan fingerprint density at radius 1 is 1.14 bits per heavy atom. The number of carbonyl (C=O) groups is 1. The molecule has 1 fully saturated rings. The van der Waals surface area contributed by atoms with Crippen LogP contribution in [0.5, 0.6) is 0 Å². The van der Waals surface area contributed by atoms with Crippen LogP contribution < -0.4 is 5.32 Å². The topological polar surface area (TPSA) is 90.3 Å². The second kappa shape index (κ2) is 9.21. The molecule has 1 N–H and O–H groups in total. The number of sulfonamides is 1. The fourth-order valence-electron chi connectivity index (χ4n) is 3.58. The fraction of sp³-hybridized carbons (Fsp3) is 0.364. The highest BCUT2D eigenvalue weighted by molar-refractivity contribution is 7.89. The number of piperidine rings is 1. The predicted octanol–water partition coefficient (Wildman–Crippen LogP) is 2.88. The highest BCUT2D eigenvalue weighted by atomic mass is 32.2. The third kappa shape index (κ3) is 4.84. The molecular weight excluding hydrogens is 386 g/mol. The molecule has 0 saturated carbocycles. The molecule has 0 bridgehead atoms. The van der Waals surface area contributed by atoms with Crippen molar-refractivity contribution in [2.45, 2.75) is 30.6 Å². The van der Waals surface area contributed by atoms with Crippen molar-refractivity contribution < 1.29 is 13.2 Å². The Bertz CT molecular complexity index is 991. The van der Waals surface area contributed by atoms with Gasteiger partial charge in [0.1, 0.15) is 6.07 Å². The first kappa shape index (κ1) is 21.0. The number of nitriles is 1. The minimum atomic E-state index is -3.74. The van der Waals surface area contributed by atoms with Gasteiger partial charge in [0.25, 0.3) is 0 Å². The van der Waals surface area contributed by atoms with E-state index in [1.165, 1.54) is 22.0 Å². The summed E-state index contributed by atoms with van der Waals surface area (Å²) in [6, 6.07) is 18.2. The molecule has 6 nitrogen and oxygen atoms in total. The predicted molar refractivity (Wildman–Crippen MR) is 111 cm³/mol. The van der Waals surface area contributed by atoms with Crippen LogP contribution in [0.25, 0.3) is 0 Å². The second-order valence-electron chi connectivity index (χ2n) is 7.34. The molecule has 1 heterocycles. The van der Waals surface area contributed by atoms with E-state index >= 15 is 0 Å². The molecule has 0 aromatic heterocycles. The number of rotatable bonds is 6. The van der Waals surface area contributed by atoms with Gasteiger partial charge in [-0.25, -0.2) is 8.42 Å². The fourth-order valence-corrected chi connectivity index (χ4v) is 5.19. The summed E-state index contributed by atoms with van der Waals surface area (Å²) >= 11 is 0. The average molecular weight is 412 g/mol. The Kier molecular flexibility index (Phi) is 6.68. The lowest BCUT2D eigenvalue weighted by atomic mass is 9.96. The smallest absolute Gasteiger partial charge is 0.244 e. The molecule has 7 heteroatoms. The SMILES string of the molecule is CC(CNC(=O)C1CCN(S(=O)(=O)c2ccccc2C#N)CC1)c1ccccc1. The summed E-state index contributed by atoms with van der Waals surface area (Å²) in [5.74, 6) is -0.0130. The molecule has 0 spiro atoms. The van der Waals surface area contributed by atoms with Gasteiger partial charge in [-0.05, 0) is 36.5 Å². The summed E-state index contributed by atoms with van der Waals surface area (Å²) in [6.45, 7) is 3.16. The highest BCUT2D eigenvalue weighted by Crippen LogP contribution is 2.26. The van der Waals surface area contributed by atoms with Crippen LogP contribution in [0.4, 0.5) is 0 Å². The zero-order chi connectivity index (χ0) is 20.9. The van der Waals surface area contributed by atoms with Gasteiger partial charge in [0, 0.05) is 25.6 Å². The van der Waals surface area contributed by atoms with Crippen molar-refractivity contribution >= 4 is 15.9 Å². The van der Waals surface area contributed by atoms with Crippen molar-refractivity contribution in [2.75, 3.05) is 19.6 Å². The van der Waals surface area contributed by atoms with Crippen molar-refractivity contribution in [1.82, 2.24) is 9.62 Å². The highest BCUT2D eigenvalue weighted by Gasteiger charge is 2.33. The lowest BCUT2D eigenvalue weighted by Gasteiger charge is -2.31. The maximum Gasteiger partial charge on any atom is 0.244 e. The molecule has 0 aliphatic carbocycles. The number of hydrogen-bond donors (Lipinski definition) is 1. The summed E-state index contributed by atoms with van der Waals surface area (Å²) in [6.07, 6.45) is 0.943. The molecule has 152 valence electrons. The molecule has 1 aliphatic rings. The zero-order valence-corrected chi connectivity index (χ0v) is 17.2. The summed E-state index contributed by atoms with van der Waals surface area (Å²) < 4.78 is 27.2. The number of hydrogen-bond acceptors (Lipinski definition) is 4. The first-order valence-corrected chi connectivity index (χ1v) is 11.2. The monoisotopic (exact) mass is 411 g/mol. The zero-order valence-electron chi connectivity index (χ0n) is 16.4. The lowest BCUT2D eigenvalue weighted by Crippen LogP contribution is -2.43. The van der Waals surface area contributed by atoms with Gasteiger partial charge in [0.05, 0.1) is 10.5 Å². The molecule has 2 aromatic carbocycles. The van der Waals surface area contributed by atoms with Crippen LogP contribution in [0.3, 0.4) is 0 Å². The Balaban J connectivity index is 1.56. The Morgan fingerprint density at radius 2 is 1.76 bits per heavy atom. The summed E-state index contributed by atoms with van der Waals surface area (Å²) in [4.78, 5) is 12.6. The Hall–Kier alpha value is -2.69. The van der Waals surface area contributed by atoms with Crippen molar-refractivity contribution in [3.8, 4) is 6.07 Å². The van der Waals surface area contributed by atoms with Crippen molar-refractivity contribution in [1.29, 1.82) is 5.26 Å².